The van der Waals surface area contributed by atoms with Gasteiger partial charge in [-0.2, -0.15) is 20.5 Å². The van der Waals surface area contributed by atoms with Gasteiger partial charge in [-0.15, -0.1) is 0 Å². The van der Waals surface area contributed by atoms with E-state index in [1.165, 1.54) is 6.42 Å². The molecule has 0 spiro atoms. The molecule has 106 valence electrons. The number of thioether (sulfide) groups is 1. The summed E-state index contributed by atoms with van der Waals surface area (Å²) in [4.78, 5) is 0. The average Bonchev–Trinajstić information content (AvgIpc) is 2.85. The number of alkyl halides is 2. The van der Waals surface area contributed by atoms with Crippen LogP contribution in [0.4, 0.5) is 8.78 Å². The first kappa shape index (κ1) is 14.6. The molecule has 0 heterocycles. The number of nitrogens with one attached hydrogen (secondary N) is 1. The van der Waals surface area contributed by atoms with Gasteiger partial charge >= 0.3 is 6.61 Å². The molecule has 19 heavy (non-hydrogen) atoms. The topological polar surface area (TPSA) is 21.3 Å². The van der Waals surface area contributed by atoms with Crippen molar-refractivity contribution in [3.8, 4) is 5.75 Å². The van der Waals surface area contributed by atoms with Gasteiger partial charge in [0.1, 0.15) is 5.75 Å². The predicted molar refractivity (Wildman–Crippen MR) is 74.9 cm³/mol. The minimum atomic E-state index is -2.77. The highest BCUT2D eigenvalue weighted by atomic mass is 32.2. The van der Waals surface area contributed by atoms with Crippen LogP contribution in [0, 0.1) is 0 Å². The molecular weight excluding hydrogens is 268 g/mol. The summed E-state index contributed by atoms with van der Waals surface area (Å²) in [5.41, 5.74) is 0.787. The smallest absolute Gasteiger partial charge is 0.387 e. The zero-order valence-electron chi connectivity index (χ0n) is 10.9. The second-order valence-corrected chi connectivity index (χ2v) is 5.87. The van der Waals surface area contributed by atoms with Crippen LogP contribution in [0.1, 0.15) is 24.8 Å². The molecule has 1 aromatic carbocycles. The first-order valence-corrected chi connectivity index (χ1v) is 7.76. The van der Waals surface area contributed by atoms with Gasteiger partial charge in [-0.1, -0.05) is 18.2 Å². The van der Waals surface area contributed by atoms with Crippen LogP contribution in [0.5, 0.6) is 5.75 Å². The predicted octanol–water partition coefficient (Wildman–Crippen LogP) is 3.66. The van der Waals surface area contributed by atoms with E-state index in [0.717, 1.165) is 23.7 Å². The lowest BCUT2D eigenvalue weighted by atomic mass is 10.1. The Bertz CT molecular complexity index is 403. The largest absolute Gasteiger partial charge is 0.434 e. The van der Waals surface area contributed by atoms with Crippen LogP contribution in [0.15, 0.2) is 24.3 Å². The Balaban J connectivity index is 1.89. The van der Waals surface area contributed by atoms with Crippen LogP contribution in [0.2, 0.25) is 0 Å². The molecule has 1 aliphatic carbocycles. The molecule has 0 radical (unpaired) electrons. The fourth-order valence-corrected chi connectivity index (χ4v) is 3.25. The van der Waals surface area contributed by atoms with Crippen molar-refractivity contribution in [3.05, 3.63) is 29.8 Å². The number of rotatable bonds is 6. The van der Waals surface area contributed by atoms with Crippen molar-refractivity contribution in [2.45, 2.75) is 43.7 Å². The highest BCUT2D eigenvalue weighted by Crippen LogP contribution is 2.29. The van der Waals surface area contributed by atoms with Crippen LogP contribution in [-0.2, 0) is 6.54 Å². The van der Waals surface area contributed by atoms with Crippen molar-refractivity contribution >= 4 is 11.8 Å². The van der Waals surface area contributed by atoms with E-state index < -0.39 is 6.61 Å². The van der Waals surface area contributed by atoms with Gasteiger partial charge in [0.15, 0.2) is 0 Å². The van der Waals surface area contributed by atoms with E-state index in [1.807, 2.05) is 23.9 Å². The van der Waals surface area contributed by atoms with Crippen molar-refractivity contribution in [1.29, 1.82) is 0 Å². The zero-order chi connectivity index (χ0) is 13.7. The Labute approximate surface area is 116 Å². The van der Waals surface area contributed by atoms with Crippen molar-refractivity contribution in [2.24, 2.45) is 0 Å². The second kappa shape index (κ2) is 7.10. The molecule has 1 aromatic rings. The maximum Gasteiger partial charge on any atom is 0.387 e. The van der Waals surface area contributed by atoms with Gasteiger partial charge in [0, 0.05) is 23.4 Å². The van der Waals surface area contributed by atoms with Gasteiger partial charge in [-0.25, -0.2) is 0 Å². The van der Waals surface area contributed by atoms with E-state index in [2.05, 4.69) is 16.3 Å². The molecule has 0 aliphatic heterocycles. The first-order chi connectivity index (χ1) is 9.19. The zero-order valence-corrected chi connectivity index (χ0v) is 11.8. The van der Waals surface area contributed by atoms with Crippen molar-refractivity contribution in [3.63, 3.8) is 0 Å². The van der Waals surface area contributed by atoms with Crippen LogP contribution in [0.3, 0.4) is 0 Å². The number of ether oxygens (including phenoxy) is 1. The summed E-state index contributed by atoms with van der Waals surface area (Å²) in [6.07, 6.45) is 5.68. The first-order valence-electron chi connectivity index (χ1n) is 6.48. The third-order valence-corrected chi connectivity index (χ3v) is 4.58. The highest BCUT2D eigenvalue weighted by molar-refractivity contribution is 7.99. The molecule has 0 aromatic heterocycles. The van der Waals surface area contributed by atoms with Gasteiger partial charge in [-0.05, 0) is 31.6 Å². The molecule has 2 nitrogen and oxygen atoms in total. The van der Waals surface area contributed by atoms with Gasteiger partial charge in [0.25, 0.3) is 0 Å². The minimum Gasteiger partial charge on any atom is -0.434 e. The molecule has 0 amide bonds. The molecule has 5 heteroatoms. The fraction of sp³-hybridized carbons (Fsp3) is 0.571. The minimum absolute atomic E-state index is 0.268. The quantitative estimate of drug-likeness (QED) is 0.862. The molecule has 2 atom stereocenters. The van der Waals surface area contributed by atoms with E-state index in [4.69, 9.17) is 0 Å². The third kappa shape index (κ3) is 4.35. The number of benzene rings is 1. The SMILES string of the molecule is CSC1CCC(NCc2ccccc2OC(F)F)C1. The Hall–Kier alpha value is -0.810. The number of hydrogen-bond acceptors (Lipinski definition) is 3. The Kier molecular flexibility index (Phi) is 5.45. The van der Waals surface area contributed by atoms with E-state index in [9.17, 15) is 8.78 Å². The molecule has 0 bridgehead atoms. The summed E-state index contributed by atoms with van der Waals surface area (Å²) in [5.74, 6) is 0.268. The Morgan fingerprint density at radius 2 is 2.16 bits per heavy atom. The molecule has 1 fully saturated rings. The van der Waals surface area contributed by atoms with Crippen molar-refractivity contribution in [2.75, 3.05) is 6.26 Å². The van der Waals surface area contributed by atoms with Crippen molar-refractivity contribution in [1.82, 2.24) is 5.32 Å². The Morgan fingerprint density at radius 1 is 1.37 bits per heavy atom. The molecule has 2 rings (SSSR count). The van der Waals surface area contributed by atoms with Crippen LogP contribution < -0.4 is 10.1 Å². The van der Waals surface area contributed by atoms with Crippen LogP contribution in [0.25, 0.3) is 0 Å². The van der Waals surface area contributed by atoms with E-state index in [1.54, 1.807) is 12.1 Å². The summed E-state index contributed by atoms with van der Waals surface area (Å²) in [7, 11) is 0. The van der Waals surface area contributed by atoms with Gasteiger partial charge in [-0.3, -0.25) is 0 Å². The summed E-state index contributed by atoms with van der Waals surface area (Å²) in [5, 5.41) is 4.16. The number of hydrogen-bond donors (Lipinski definition) is 1. The van der Waals surface area contributed by atoms with Crippen LogP contribution in [-0.4, -0.2) is 24.2 Å². The summed E-state index contributed by atoms with van der Waals surface area (Å²) >= 11 is 1.91. The molecule has 0 saturated heterocycles. The lowest BCUT2D eigenvalue weighted by molar-refractivity contribution is -0.0505. The average molecular weight is 287 g/mol. The van der Waals surface area contributed by atoms with Gasteiger partial charge < -0.3 is 10.1 Å². The molecular formula is C14H19F2NOS. The summed E-state index contributed by atoms with van der Waals surface area (Å²) in [6, 6.07) is 7.45. The maximum absolute atomic E-state index is 12.3. The van der Waals surface area contributed by atoms with E-state index >= 15 is 0 Å². The lowest BCUT2D eigenvalue weighted by Crippen LogP contribution is -2.26. The Morgan fingerprint density at radius 3 is 2.84 bits per heavy atom. The van der Waals surface area contributed by atoms with Gasteiger partial charge in [0.05, 0.1) is 0 Å². The lowest BCUT2D eigenvalue weighted by Gasteiger charge is -2.15. The standard InChI is InChI=1S/C14H19F2NOS/c1-19-12-7-6-11(8-12)17-9-10-4-2-3-5-13(10)18-14(15)16/h2-5,11-12,14,17H,6-9H2,1H3. The van der Waals surface area contributed by atoms with Crippen molar-refractivity contribution < 1.29 is 13.5 Å². The molecule has 1 saturated carbocycles. The van der Waals surface area contributed by atoms with E-state index in [0.29, 0.717) is 12.6 Å². The summed E-state index contributed by atoms with van der Waals surface area (Å²) < 4.78 is 29.1. The molecule has 1 aliphatic rings. The molecule has 1 N–H and O–H groups in total. The summed E-state index contributed by atoms with van der Waals surface area (Å²) in [6.45, 7) is -2.19. The van der Waals surface area contributed by atoms with Gasteiger partial charge in [0.2, 0.25) is 0 Å². The highest BCUT2D eigenvalue weighted by Gasteiger charge is 2.23. The molecule has 2 unspecified atom stereocenters. The fourth-order valence-electron chi connectivity index (χ4n) is 2.45. The maximum atomic E-state index is 12.3. The number of para-hydroxylation sites is 1. The monoisotopic (exact) mass is 287 g/mol. The second-order valence-electron chi connectivity index (χ2n) is 4.73. The normalized spacial score (nSPS) is 22.9. The van der Waals surface area contributed by atoms with Crippen LogP contribution >= 0.6 is 11.8 Å². The third-order valence-electron chi connectivity index (χ3n) is 3.49. The number of halogens is 2. The van der Waals surface area contributed by atoms with E-state index in [-0.39, 0.29) is 5.75 Å².